The number of nitrogens with zero attached hydrogens (tertiary/aromatic N) is 2. The molecule has 1 unspecified atom stereocenters. The molecule has 0 bridgehead atoms. The summed E-state index contributed by atoms with van der Waals surface area (Å²) in [4.78, 5) is 30.1. The van der Waals surface area contributed by atoms with Crippen LogP contribution in [0, 0.1) is 5.92 Å². The van der Waals surface area contributed by atoms with Crippen molar-refractivity contribution in [1.29, 1.82) is 0 Å². The third kappa shape index (κ3) is 4.94. The Bertz CT molecular complexity index is 836. The van der Waals surface area contributed by atoms with Crippen LogP contribution in [0.5, 0.6) is 0 Å². The first-order chi connectivity index (χ1) is 13.5. The van der Waals surface area contributed by atoms with Gasteiger partial charge in [-0.2, -0.15) is 0 Å². The van der Waals surface area contributed by atoms with Crippen molar-refractivity contribution in [3.05, 3.63) is 59.7 Å². The van der Waals surface area contributed by atoms with Crippen LogP contribution >= 0.6 is 11.8 Å². The van der Waals surface area contributed by atoms with Gasteiger partial charge in [0.1, 0.15) is 0 Å². The van der Waals surface area contributed by atoms with Crippen LogP contribution in [-0.2, 0) is 22.7 Å². The van der Waals surface area contributed by atoms with Crippen LogP contribution in [0.1, 0.15) is 17.5 Å². The Kier molecular flexibility index (Phi) is 6.75. The van der Waals surface area contributed by atoms with E-state index in [9.17, 15) is 9.59 Å². The van der Waals surface area contributed by atoms with Gasteiger partial charge in [0.2, 0.25) is 11.8 Å². The first-order valence-corrected chi connectivity index (χ1v) is 10.6. The van der Waals surface area contributed by atoms with E-state index in [1.165, 1.54) is 5.56 Å². The van der Waals surface area contributed by atoms with Crippen molar-refractivity contribution >= 4 is 29.3 Å². The predicted molar refractivity (Wildman–Crippen MR) is 114 cm³/mol. The number of hydrogen-bond donors (Lipinski definition) is 1. The number of benzene rings is 2. The van der Waals surface area contributed by atoms with E-state index in [1.807, 2.05) is 62.8 Å². The van der Waals surface area contributed by atoms with Crippen LogP contribution in [0.2, 0.25) is 0 Å². The van der Waals surface area contributed by atoms with Crippen molar-refractivity contribution in [1.82, 2.24) is 10.2 Å². The zero-order valence-corrected chi connectivity index (χ0v) is 17.5. The van der Waals surface area contributed by atoms with Crippen LogP contribution < -0.4 is 10.2 Å². The molecule has 28 heavy (non-hydrogen) atoms. The third-order valence-corrected chi connectivity index (χ3v) is 5.68. The lowest BCUT2D eigenvalue weighted by atomic mass is 10.1. The Labute approximate surface area is 171 Å². The Morgan fingerprint density at radius 1 is 1.14 bits per heavy atom. The highest BCUT2D eigenvalue weighted by Gasteiger charge is 2.35. The Balaban J connectivity index is 1.60. The number of hydrogen-bond acceptors (Lipinski definition) is 4. The lowest BCUT2D eigenvalue weighted by molar-refractivity contribution is -0.126. The standard InChI is InChI=1S/C22H27N3O2S/c1-24(2)14-17-7-5-4-6-16(17)13-23-22(27)18-12-21(26)25(15-18)19-8-10-20(28-3)11-9-19/h4-11,18H,12-15H2,1-3H3,(H,23,27). The molecule has 6 heteroatoms. The molecule has 3 rings (SSSR count). The molecule has 2 aromatic carbocycles. The van der Waals surface area contributed by atoms with Gasteiger partial charge in [-0.05, 0) is 55.7 Å². The minimum Gasteiger partial charge on any atom is -0.352 e. The average Bonchev–Trinajstić information content (AvgIpc) is 3.08. The molecule has 5 nitrogen and oxygen atoms in total. The molecule has 0 saturated carbocycles. The second-order valence-corrected chi connectivity index (χ2v) is 8.21. The van der Waals surface area contributed by atoms with Gasteiger partial charge < -0.3 is 15.1 Å². The van der Waals surface area contributed by atoms with Crippen molar-refractivity contribution in [2.75, 3.05) is 31.8 Å². The summed E-state index contributed by atoms with van der Waals surface area (Å²) in [6.07, 6.45) is 2.28. The highest BCUT2D eigenvalue weighted by Crippen LogP contribution is 2.27. The molecular formula is C22H27N3O2S. The monoisotopic (exact) mass is 397 g/mol. The summed E-state index contributed by atoms with van der Waals surface area (Å²) in [6.45, 7) is 1.74. The van der Waals surface area contributed by atoms with Gasteiger partial charge in [0.15, 0.2) is 0 Å². The van der Waals surface area contributed by atoms with Gasteiger partial charge in [0, 0.05) is 36.6 Å². The molecule has 148 valence electrons. The second kappa shape index (κ2) is 9.26. The van der Waals surface area contributed by atoms with Gasteiger partial charge in [-0.3, -0.25) is 9.59 Å². The van der Waals surface area contributed by atoms with Gasteiger partial charge in [-0.15, -0.1) is 11.8 Å². The fourth-order valence-electron chi connectivity index (χ4n) is 3.45. The van der Waals surface area contributed by atoms with Crippen LogP contribution in [0.25, 0.3) is 0 Å². The minimum absolute atomic E-state index is 0.00468. The van der Waals surface area contributed by atoms with Crippen molar-refractivity contribution in [3.8, 4) is 0 Å². The van der Waals surface area contributed by atoms with Gasteiger partial charge >= 0.3 is 0 Å². The number of nitrogens with one attached hydrogen (secondary N) is 1. The van der Waals surface area contributed by atoms with E-state index in [0.29, 0.717) is 13.1 Å². The summed E-state index contributed by atoms with van der Waals surface area (Å²) in [5.41, 5.74) is 3.17. The van der Waals surface area contributed by atoms with E-state index in [0.717, 1.165) is 22.7 Å². The number of carbonyl (C=O) groups is 2. The van der Waals surface area contributed by atoms with Gasteiger partial charge in [0.25, 0.3) is 0 Å². The Hall–Kier alpha value is -2.31. The first-order valence-electron chi connectivity index (χ1n) is 9.41. The zero-order chi connectivity index (χ0) is 20.1. The molecule has 0 radical (unpaired) electrons. The van der Waals surface area contributed by atoms with Crippen LogP contribution in [-0.4, -0.2) is 43.6 Å². The summed E-state index contributed by atoms with van der Waals surface area (Å²) in [5.74, 6) is -0.366. The summed E-state index contributed by atoms with van der Waals surface area (Å²) in [7, 11) is 4.06. The SMILES string of the molecule is CSc1ccc(N2CC(C(=O)NCc3ccccc3CN(C)C)CC2=O)cc1. The minimum atomic E-state index is -0.311. The lowest BCUT2D eigenvalue weighted by Crippen LogP contribution is -2.33. The quantitative estimate of drug-likeness (QED) is 0.730. The lowest BCUT2D eigenvalue weighted by Gasteiger charge is -2.18. The molecule has 1 heterocycles. The average molecular weight is 398 g/mol. The van der Waals surface area contributed by atoms with Gasteiger partial charge in [0.05, 0.1) is 5.92 Å². The summed E-state index contributed by atoms with van der Waals surface area (Å²) < 4.78 is 0. The molecule has 1 saturated heterocycles. The van der Waals surface area contributed by atoms with Crippen LogP contribution in [0.4, 0.5) is 5.69 Å². The number of amides is 2. The molecule has 1 fully saturated rings. The molecule has 1 aliphatic rings. The Morgan fingerprint density at radius 3 is 2.46 bits per heavy atom. The third-order valence-electron chi connectivity index (χ3n) is 4.94. The maximum atomic E-state index is 12.7. The summed E-state index contributed by atoms with van der Waals surface area (Å²) >= 11 is 1.66. The van der Waals surface area contributed by atoms with E-state index >= 15 is 0 Å². The molecule has 2 amide bonds. The number of anilines is 1. The highest BCUT2D eigenvalue weighted by atomic mass is 32.2. The maximum Gasteiger partial charge on any atom is 0.227 e. The molecule has 0 aliphatic carbocycles. The van der Waals surface area contributed by atoms with E-state index in [2.05, 4.69) is 16.3 Å². The number of rotatable bonds is 7. The molecular weight excluding hydrogens is 370 g/mol. The smallest absolute Gasteiger partial charge is 0.227 e. The maximum absolute atomic E-state index is 12.7. The highest BCUT2D eigenvalue weighted by molar-refractivity contribution is 7.98. The van der Waals surface area contributed by atoms with E-state index in [-0.39, 0.29) is 24.2 Å². The fraction of sp³-hybridized carbons (Fsp3) is 0.364. The van der Waals surface area contributed by atoms with Gasteiger partial charge in [-0.25, -0.2) is 0 Å². The fourth-order valence-corrected chi connectivity index (χ4v) is 3.85. The van der Waals surface area contributed by atoms with Crippen molar-refractivity contribution in [2.45, 2.75) is 24.4 Å². The normalized spacial score (nSPS) is 16.6. The molecule has 1 aliphatic heterocycles. The molecule has 1 atom stereocenters. The Morgan fingerprint density at radius 2 is 1.82 bits per heavy atom. The van der Waals surface area contributed by atoms with Crippen molar-refractivity contribution in [3.63, 3.8) is 0 Å². The molecule has 2 aromatic rings. The first kappa shape index (κ1) is 20.4. The summed E-state index contributed by atoms with van der Waals surface area (Å²) in [6, 6.07) is 16.0. The summed E-state index contributed by atoms with van der Waals surface area (Å²) in [5, 5.41) is 3.03. The van der Waals surface area contributed by atoms with E-state index in [4.69, 9.17) is 0 Å². The topological polar surface area (TPSA) is 52.7 Å². The van der Waals surface area contributed by atoms with Crippen molar-refractivity contribution in [2.24, 2.45) is 5.92 Å². The largest absolute Gasteiger partial charge is 0.352 e. The molecule has 1 N–H and O–H groups in total. The number of thioether (sulfide) groups is 1. The molecule has 0 spiro atoms. The second-order valence-electron chi connectivity index (χ2n) is 7.33. The van der Waals surface area contributed by atoms with E-state index in [1.54, 1.807) is 16.7 Å². The predicted octanol–water partition coefficient (Wildman–Crippen LogP) is 3.14. The molecule has 0 aromatic heterocycles. The van der Waals surface area contributed by atoms with Crippen LogP contribution in [0.3, 0.4) is 0 Å². The van der Waals surface area contributed by atoms with E-state index < -0.39 is 0 Å². The zero-order valence-electron chi connectivity index (χ0n) is 16.6. The van der Waals surface area contributed by atoms with Crippen molar-refractivity contribution < 1.29 is 9.59 Å². The van der Waals surface area contributed by atoms with Gasteiger partial charge in [-0.1, -0.05) is 24.3 Å². The van der Waals surface area contributed by atoms with Crippen LogP contribution in [0.15, 0.2) is 53.4 Å². The number of carbonyl (C=O) groups excluding carboxylic acids is 2.